The van der Waals surface area contributed by atoms with Crippen LogP contribution in [-0.4, -0.2) is 21.9 Å². The minimum absolute atomic E-state index is 0.0448. The Morgan fingerprint density at radius 2 is 1.79 bits per heavy atom. The summed E-state index contributed by atoms with van der Waals surface area (Å²) in [4.78, 5) is 4.71. The molecule has 4 nitrogen and oxygen atoms in total. The van der Waals surface area contributed by atoms with Crippen molar-refractivity contribution in [3.63, 3.8) is 0 Å². The first-order valence-electron chi connectivity index (χ1n) is 14.8. The van der Waals surface area contributed by atoms with Gasteiger partial charge in [0, 0.05) is 24.2 Å². The first-order valence-corrected chi connectivity index (χ1v) is 14.8. The fourth-order valence-electron chi connectivity index (χ4n) is 9.57. The summed E-state index contributed by atoms with van der Waals surface area (Å²) in [6.45, 7) is 5.08. The lowest BCUT2D eigenvalue weighted by Crippen LogP contribution is -2.51. The Balaban J connectivity index is 1.19. The second-order valence-corrected chi connectivity index (χ2v) is 13.2. The molecule has 0 radical (unpaired) electrons. The minimum Gasteiger partial charge on any atom is -0.393 e. The Morgan fingerprint density at radius 1 is 0.947 bits per heavy atom. The Morgan fingerprint density at radius 3 is 2.58 bits per heavy atom. The van der Waals surface area contributed by atoms with E-state index in [1.54, 1.807) is 5.57 Å². The second-order valence-electron chi connectivity index (χ2n) is 13.2. The Bertz CT molecular complexity index is 1260. The normalized spacial score (nSPS) is 40.2. The summed E-state index contributed by atoms with van der Waals surface area (Å²) in [5.41, 5.74) is 5.35. The van der Waals surface area contributed by atoms with Gasteiger partial charge >= 0.3 is 0 Å². The molecule has 0 bridgehead atoms. The van der Waals surface area contributed by atoms with Crippen LogP contribution in [0.2, 0.25) is 0 Å². The van der Waals surface area contributed by atoms with E-state index in [1.807, 2.05) is 30.5 Å². The van der Waals surface area contributed by atoms with Crippen molar-refractivity contribution in [2.75, 3.05) is 5.01 Å². The molecule has 7 rings (SSSR count). The molecule has 0 saturated heterocycles. The molecule has 0 amide bonds. The average molecular weight is 514 g/mol. The van der Waals surface area contributed by atoms with Gasteiger partial charge in [0.25, 0.3) is 0 Å². The summed E-state index contributed by atoms with van der Waals surface area (Å²) >= 11 is 0. The third-order valence-electron chi connectivity index (χ3n) is 11.5. The summed E-state index contributed by atoms with van der Waals surface area (Å²) in [7, 11) is 0. The van der Waals surface area contributed by atoms with Crippen molar-refractivity contribution in [2.45, 2.75) is 83.8 Å². The van der Waals surface area contributed by atoms with Crippen molar-refractivity contribution >= 4 is 11.4 Å². The maximum absolute atomic E-state index is 13.8. The molecule has 2 aromatic rings. The van der Waals surface area contributed by atoms with Crippen LogP contribution in [0, 0.1) is 40.3 Å². The minimum atomic E-state index is -0.222. The molecule has 200 valence electrons. The Kier molecular flexibility index (Phi) is 5.81. The van der Waals surface area contributed by atoms with Gasteiger partial charge in [-0.15, -0.1) is 0 Å². The van der Waals surface area contributed by atoms with E-state index in [4.69, 9.17) is 10.1 Å². The molecule has 2 heterocycles. The van der Waals surface area contributed by atoms with Crippen LogP contribution in [0.25, 0.3) is 0 Å². The molecule has 5 aliphatic rings. The fourth-order valence-corrected chi connectivity index (χ4v) is 9.57. The molecular formula is C33H40FN3O. The van der Waals surface area contributed by atoms with E-state index in [0.29, 0.717) is 5.92 Å². The van der Waals surface area contributed by atoms with Crippen LogP contribution in [0.3, 0.4) is 0 Å². The van der Waals surface area contributed by atoms with Gasteiger partial charge in [0.1, 0.15) is 5.82 Å². The largest absolute Gasteiger partial charge is 0.393 e. The van der Waals surface area contributed by atoms with Crippen LogP contribution >= 0.6 is 0 Å². The average Bonchev–Trinajstić information content (AvgIpc) is 3.51. The number of fused-ring (bicyclic) bond motifs is 5. The monoisotopic (exact) mass is 513 g/mol. The van der Waals surface area contributed by atoms with Gasteiger partial charge < -0.3 is 5.11 Å². The summed E-state index contributed by atoms with van der Waals surface area (Å²) in [5.74, 6) is 2.47. The van der Waals surface area contributed by atoms with Gasteiger partial charge in [0.05, 0.1) is 23.5 Å². The number of halogens is 1. The van der Waals surface area contributed by atoms with E-state index in [0.717, 1.165) is 54.8 Å². The van der Waals surface area contributed by atoms with Crippen molar-refractivity contribution in [1.82, 2.24) is 4.98 Å². The molecule has 3 fully saturated rings. The van der Waals surface area contributed by atoms with Crippen molar-refractivity contribution < 1.29 is 9.50 Å². The number of rotatable bonds is 3. The summed E-state index contributed by atoms with van der Waals surface area (Å²) < 4.78 is 13.8. The molecule has 1 N–H and O–H groups in total. The van der Waals surface area contributed by atoms with E-state index < -0.39 is 0 Å². The first-order chi connectivity index (χ1) is 18.4. The quantitative estimate of drug-likeness (QED) is 0.433. The third-order valence-corrected chi connectivity index (χ3v) is 11.5. The molecule has 5 heteroatoms. The predicted molar refractivity (Wildman–Crippen MR) is 149 cm³/mol. The SMILES string of the molecule is C[C@]12CC[C@H]3[C@@H](CC=C4C[C@@H](O)CC[C@@]43C)[C@@H]1CC[C@@H]2C1=NN(c2ccc(F)cc2)C(c2ccccn2)C1. The van der Waals surface area contributed by atoms with Gasteiger partial charge in [-0.05, 0) is 116 Å². The van der Waals surface area contributed by atoms with E-state index in [9.17, 15) is 9.50 Å². The molecule has 1 aromatic heterocycles. The lowest BCUT2D eigenvalue weighted by atomic mass is 9.47. The summed E-state index contributed by atoms with van der Waals surface area (Å²) in [6, 6.07) is 12.9. The van der Waals surface area contributed by atoms with Crippen molar-refractivity contribution in [2.24, 2.45) is 39.6 Å². The van der Waals surface area contributed by atoms with Gasteiger partial charge in [0.2, 0.25) is 0 Å². The number of pyridine rings is 1. The maximum Gasteiger partial charge on any atom is 0.123 e. The van der Waals surface area contributed by atoms with Crippen molar-refractivity contribution in [1.29, 1.82) is 0 Å². The lowest BCUT2D eigenvalue weighted by Gasteiger charge is -2.58. The van der Waals surface area contributed by atoms with Gasteiger partial charge in [-0.2, -0.15) is 5.10 Å². The van der Waals surface area contributed by atoms with Gasteiger partial charge in [-0.25, -0.2) is 4.39 Å². The summed E-state index contributed by atoms with van der Waals surface area (Å²) in [6.07, 6.45) is 14.3. The number of aliphatic hydroxyl groups is 1. The van der Waals surface area contributed by atoms with Gasteiger partial charge in [-0.1, -0.05) is 31.6 Å². The molecule has 38 heavy (non-hydrogen) atoms. The van der Waals surface area contributed by atoms with Gasteiger partial charge in [0.15, 0.2) is 0 Å². The number of allylic oxidation sites excluding steroid dienone is 1. The molecule has 1 unspecified atom stereocenters. The third kappa shape index (κ3) is 3.71. The second kappa shape index (κ2) is 9.01. The molecule has 4 aliphatic carbocycles. The van der Waals surface area contributed by atoms with E-state index >= 15 is 0 Å². The highest BCUT2D eigenvalue weighted by atomic mass is 19.1. The number of hydrogen-bond acceptors (Lipinski definition) is 4. The number of hydrogen-bond donors (Lipinski definition) is 1. The number of aromatic nitrogens is 1. The van der Waals surface area contributed by atoms with Crippen LogP contribution < -0.4 is 5.01 Å². The van der Waals surface area contributed by atoms with E-state index in [1.165, 1.54) is 49.9 Å². The van der Waals surface area contributed by atoms with Crippen LogP contribution in [0.1, 0.15) is 83.4 Å². The molecule has 0 spiro atoms. The molecule has 1 aliphatic heterocycles. The molecular weight excluding hydrogens is 473 g/mol. The Labute approximate surface area is 226 Å². The maximum atomic E-state index is 13.8. The van der Waals surface area contributed by atoms with Crippen molar-refractivity contribution in [3.05, 3.63) is 71.8 Å². The highest BCUT2D eigenvalue weighted by Crippen LogP contribution is 2.66. The zero-order valence-corrected chi connectivity index (χ0v) is 22.7. The zero-order valence-electron chi connectivity index (χ0n) is 22.7. The van der Waals surface area contributed by atoms with E-state index in [-0.39, 0.29) is 28.8 Å². The van der Waals surface area contributed by atoms with E-state index in [2.05, 4.69) is 31.0 Å². The smallest absolute Gasteiger partial charge is 0.123 e. The molecule has 1 aromatic carbocycles. The zero-order chi connectivity index (χ0) is 26.1. The van der Waals surface area contributed by atoms with Crippen LogP contribution in [0.5, 0.6) is 0 Å². The van der Waals surface area contributed by atoms with Crippen molar-refractivity contribution in [3.8, 4) is 0 Å². The van der Waals surface area contributed by atoms with Gasteiger partial charge in [-0.3, -0.25) is 9.99 Å². The Hall–Kier alpha value is -2.53. The van der Waals surface area contributed by atoms with Crippen LogP contribution in [0.15, 0.2) is 65.4 Å². The highest BCUT2D eigenvalue weighted by Gasteiger charge is 2.59. The predicted octanol–water partition coefficient (Wildman–Crippen LogP) is 7.47. The lowest BCUT2D eigenvalue weighted by molar-refractivity contribution is -0.0424. The highest BCUT2D eigenvalue weighted by molar-refractivity contribution is 5.92. The molecule has 3 saturated carbocycles. The number of nitrogens with zero attached hydrogens (tertiary/aromatic N) is 3. The number of benzene rings is 1. The van der Waals surface area contributed by atoms with Crippen LogP contribution in [-0.2, 0) is 0 Å². The topological polar surface area (TPSA) is 48.7 Å². The number of aliphatic hydroxyl groups excluding tert-OH is 1. The number of hydrazone groups is 1. The molecule has 8 atom stereocenters. The summed E-state index contributed by atoms with van der Waals surface area (Å²) in [5, 5.41) is 17.7. The van der Waals surface area contributed by atoms with Crippen LogP contribution in [0.4, 0.5) is 10.1 Å². The first kappa shape index (κ1) is 24.5. The fraction of sp³-hybridized carbons (Fsp3) is 0.576. The standard InChI is InChI=1S/C33H40FN3O/c1-32-16-14-24(38)19-21(32)6-11-25-26-12-13-28(33(26,2)17-15-27(25)32)30-20-31(29-5-3-4-18-35-29)37(36-30)23-9-7-22(34)8-10-23/h3-10,18,24-28,31,38H,11-17,19-20H2,1-2H3/t24-,25-,26-,27-,28+,31?,32-,33-/m0/s1. The number of anilines is 1.